The first-order valence-corrected chi connectivity index (χ1v) is 11.7. The second-order valence-electron chi connectivity index (χ2n) is 8.38. The number of halogens is 1. The maximum absolute atomic E-state index is 13.3. The van der Waals surface area contributed by atoms with Crippen molar-refractivity contribution in [1.29, 1.82) is 0 Å². The van der Waals surface area contributed by atoms with Gasteiger partial charge in [0.15, 0.2) is 5.82 Å². The van der Waals surface area contributed by atoms with Gasteiger partial charge in [0.05, 0.1) is 17.8 Å². The molecule has 1 amide bonds. The third-order valence-corrected chi connectivity index (χ3v) is 6.59. The molecule has 0 bridgehead atoms. The molecule has 0 saturated carbocycles. The zero-order valence-corrected chi connectivity index (χ0v) is 20.3. The van der Waals surface area contributed by atoms with E-state index in [1.54, 1.807) is 30.7 Å². The molecule has 1 saturated heterocycles. The molecule has 1 aliphatic rings. The molecule has 1 aliphatic heterocycles. The van der Waals surface area contributed by atoms with E-state index in [0.29, 0.717) is 54.1 Å². The monoisotopic (exact) mass is 492 g/mol. The van der Waals surface area contributed by atoms with Gasteiger partial charge in [-0.25, -0.2) is 0 Å². The van der Waals surface area contributed by atoms with Crippen LogP contribution in [0, 0.1) is 6.92 Å². The van der Waals surface area contributed by atoms with E-state index in [1.165, 1.54) is 10.6 Å². The van der Waals surface area contributed by atoms with Gasteiger partial charge < -0.3 is 19.1 Å². The molecule has 5 rings (SSSR count). The van der Waals surface area contributed by atoms with Crippen LogP contribution in [0.15, 0.2) is 59.4 Å². The second-order valence-corrected chi connectivity index (χ2v) is 8.78. The van der Waals surface area contributed by atoms with Crippen molar-refractivity contribution in [2.24, 2.45) is 0 Å². The smallest absolute Gasteiger partial charge is 0.275 e. The first-order valence-electron chi connectivity index (χ1n) is 11.3. The van der Waals surface area contributed by atoms with Crippen LogP contribution in [0.25, 0.3) is 17.2 Å². The number of methoxy groups -OCH3 is 1. The first kappa shape index (κ1) is 22.9. The lowest BCUT2D eigenvalue weighted by molar-refractivity contribution is -0.132. The van der Waals surface area contributed by atoms with Gasteiger partial charge in [0, 0.05) is 43.5 Å². The van der Waals surface area contributed by atoms with E-state index in [0.717, 1.165) is 11.4 Å². The van der Waals surface area contributed by atoms with Gasteiger partial charge in [-0.2, -0.15) is 9.50 Å². The molecule has 3 heterocycles. The van der Waals surface area contributed by atoms with Crippen LogP contribution >= 0.6 is 11.6 Å². The SMILES string of the molecule is COc1ccccc1N1CCN(C(=O)Cn2c(C)cc(=O)n3nc(-c4ccccc4Cl)nc23)CC1. The Kier molecular flexibility index (Phi) is 6.17. The summed E-state index contributed by atoms with van der Waals surface area (Å²) >= 11 is 6.31. The maximum Gasteiger partial charge on any atom is 0.275 e. The molecule has 9 nitrogen and oxygen atoms in total. The zero-order chi connectivity index (χ0) is 24.5. The van der Waals surface area contributed by atoms with Gasteiger partial charge in [-0.3, -0.25) is 9.59 Å². The number of para-hydroxylation sites is 2. The summed E-state index contributed by atoms with van der Waals surface area (Å²) in [5.41, 5.74) is 1.98. The van der Waals surface area contributed by atoms with E-state index in [4.69, 9.17) is 16.3 Å². The third-order valence-electron chi connectivity index (χ3n) is 6.26. The molecule has 0 unspecified atom stereocenters. The number of anilines is 1. The van der Waals surface area contributed by atoms with Crippen LogP contribution in [0.5, 0.6) is 5.75 Å². The summed E-state index contributed by atoms with van der Waals surface area (Å²) in [5, 5.41) is 4.86. The molecule has 2 aromatic carbocycles. The summed E-state index contributed by atoms with van der Waals surface area (Å²) < 4.78 is 8.43. The van der Waals surface area contributed by atoms with Crippen LogP contribution in [-0.2, 0) is 11.3 Å². The molecule has 0 radical (unpaired) electrons. The van der Waals surface area contributed by atoms with Gasteiger partial charge in [0.2, 0.25) is 11.7 Å². The fraction of sp³-hybridized carbons (Fsp3) is 0.280. The Balaban J connectivity index is 1.37. The standard InChI is InChI=1S/C25H25ClN6O3/c1-17-15-22(33)32-25(27-24(28-32)18-7-3-4-8-19(18)26)31(17)16-23(34)30-13-11-29(12-14-30)20-9-5-6-10-21(20)35-2/h3-10,15H,11-14,16H2,1-2H3. The fourth-order valence-corrected chi connectivity index (χ4v) is 4.60. The number of aromatic nitrogens is 4. The lowest BCUT2D eigenvalue weighted by Crippen LogP contribution is -2.49. The highest BCUT2D eigenvalue weighted by Gasteiger charge is 2.24. The van der Waals surface area contributed by atoms with Crippen molar-refractivity contribution in [3.05, 3.63) is 75.7 Å². The van der Waals surface area contributed by atoms with Gasteiger partial charge in [-0.15, -0.1) is 5.10 Å². The van der Waals surface area contributed by atoms with Crippen LogP contribution in [0.1, 0.15) is 5.69 Å². The van der Waals surface area contributed by atoms with Crippen LogP contribution in [0.4, 0.5) is 5.69 Å². The van der Waals surface area contributed by atoms with E-state index >= 15 is 0 Å². The highest BCUT2D eigenvalue weighted by atomic mass is 35.5. The molecule has 0 spiro atoms. The zero-order valence-electron chi connectivity index (χ0n) is 19.5. The lowest BCUT2D eigenvalue weighted by atomic mass is 10.2. The summed E-state index contributed by atoms with van der Waals surface area (Å²) in [6.07, 6.45) is 0. The van der Waals surface area contributed by atoms with Gasteiger partial charge in [-0.1, -0.05) is 35.9 Å². The highest BCUT2D eigenvalue weighted by Crippen LogP contribution is 2.28. The number of benzene rings is 2. The van der Waals surface area contributed by atoms with Crippen molar-refractivity contribution in [3.63, 3.8) is 0 Å². The van der Waals surface area contributed by atoms with Crippen molar-refractivity contribution < 1.29 is 9.53 Å². The Hall–Kier alpha value is -3.85. The maximum atomic E-state index is 13.3. The molecule has 0 aliphatic carbocycles. The summed E-state index contributed by atoms with van der Waals surface area (Å²) in [6.45, 7) is 4.43. The van der Waals surface area contributed by atoms with Crippen molar-refractivity contribution in [2.75, 3.05) is 38.2 Å². The summed E-state index contributed by atoms with van der Waals surface area (Å²) in [6, 6.07) is 16.5. The average Bonchev–Trinajstić information content (AvgIpc) is 3.32. The van der Waals surface area contributed by atoms with Gasteiger partial charge in [0.25, 0.3) is 5.56 Å². The summed E-state index contributed by atoms with van der Waals surface area (Å²) in [4.78, 5) is 34.5. The molecule has 35 heavy (non-hydrogen) atoms. The molecular formula is C25H25ClN6O3. The van der Waals surface area contributed by atoms with Gasteiger partial charge in [-0.05, 0) is 31.2 Å². The minimum Gasteiger partial charge on any atom is -0.495 e. The molecule has 1 fully saturated rings. The lowest BCUT2D eigenvalue weighted by Gasteiger charge is -2.36. The van der Waals surface area contributed by atoms with Crippen LogP contribution in [0.2, 0.25) is 5.02 Å². The Labute approximate surface area is 207 Å². The summed E-state index contributed by atoms with van der Waals surface area (Å²) in [5.74, 6) is 1.43. The molecular weight excluding hydrogens is 468 g/mol. The van der Waals surface area contributed by atoms with Crippen LogP contribution in [0.3, 0.4) is 0 Å². The van der Waals surface area contributed by atoms with Gasteiger partial charge in [0.1, 0.15) is 12.3 Å². The Morgan fingerprint density at radius 3 is 2.51 bits per heavy atom. The van der Waals surface area contributed by atoms with E-state index in [-0.39, 0.29) is 18.0 Å². The van der Waals surface area contributed by atoms with Gasteiger partial charge >= 0.3 is 0 Å². The van der Waals surface area contributed by atoms with E-state index < -0.39 is 0 Å². The van der Waals surface area contributed by atoms with E-state index in [9.17, 15) is 9.59 Å². The van der Waals surface area contributed by atoms with Crippen molar-refractivity contribution in [1.82, 2.24) is 24.1 Å². The number of fused-ring (bicyclic) bond motifs is 1. The molecule has 2 aromatic heterocycles. The normalized spacial score (nSPS) is 13.9. The van der Waals surface area contributed by atoms with Crippen molar-refractivity contribution in [2.45, 2.75) is 13.5 Å². The molecule has 10 heteroatoms. The molecule has 180 valence electrons. The van der Waals surface area contributed by atoms with Crippen LogP contribution < -0.4 is 15.2 Å². The number of piperazine rings is 1. The number of hydrogen-bond acceptors (Lipinski definition) is 6. The second kappa shape index (κ2) is 9.42. The Morgan fingerprint density at radius 1 is 1.06 bits per heavy atom. The number of carbonyl (C=O) groups excluding carboxylic acids is 1. The van der Waals surface area contributed by atoms with Crippen LogP contribution in [-0.4, -0.2) is 63.3 Å². The first-order chi connectivity index (χ1) is 17.0. The van der Waals surface area contributed by atoms with E-state index in [2.05, 4.69) is 15.0 Å². The minimum atomic E-state index is -0.308. The van der Waals surface area contributed by atoms with E-state index in [1.807, 2.05) is 41.3 Å². The number of amides is 1. The Bertz CT molecular complexity index is 1460. The molecule has 4 aromatic rings. The fourth-order valence-electron chi connectivity index (χ4n) is 4.38. The number of ether oxygens (including phenoxy) is 1. The third kappa shape index (κ3) is 4.35. The number of aryl methyl sites for hydroxylation is 1. The number of rotatable bonds is 5. The molecule has 0 N–H and O–H groups in total. The van der Waals surface area contributed by atoms with Crippen molar-refractivity contribution >= 4 is 29.0 Å². The minimum absolute atomic E-state index is 0.0411. The highest BCUT2D eigenvalue weighted by molar-refractivity contribution is 6.33. The summed E-state index contributed by atoms with van der Waals surface area (Å²) in [7, 11) is 1.66. The largest absolute Gasteiger partial charge is 0.495 e. The average molecular weight is 493 g/mol. The number of nitrogens with zero attached hydrogens (tertiary/aromatic N) is 6. The number of carbonyl (C=O) groups is 1. The van der Waals surface area contributed by atoms with Crippen molar-refractivity contribution in [3.8, 4) is 17.1 Å². The predicted octanol–water partition coefficient (Wildman–Crippen LogP) is 2.88. The Morgan fingerprint density at radius 2 is 1.77 bits per heavy atom. The molecule has 0 atom stereocenters. The topological polar surface area (TPSA) is 85.0 Å². The predicted molar refractivity (Wildman–Crippen MR) is 134 cm³/mol. The quantitative estimate of drug-likeness (QED) is 0.426. The number of hydrogen-bond donors (Lipinski definition) is 0.